The monoisotopic (exact) mass is 248 g/mol. The normalized spacial score (nSPS) is 1.20. The number of aliphatic hydroxyl groups excluding tert-OH is 1. The second kappa shape index (κ2) is 119. The molecule has 0 fully saturated rings. The van der Waals surface area contributed by atoms with Crippen LogP contribution in [0.15, 0.2) is 0 Å². The van der Waals surface area contributed by atoms with E-state index in [0.29, 0.717) is 0 Å². The maximum Gasteiger partial charge on any atom is 0.0319 e. The Morgan fingerprint density at radius 1 is 1.00 bits per heavy atom. The molecule has 0 aromatic rings. The molecule has 5 N–H and O–H groups in total. The van der Waals surface area contributed by atoms with Gasteiger partial charge in [-0.25, -0.2) is 0 Å². The summed E-state index contributed by atoms with van der Waals surface area (Å²) in [5, 5.41) is 7.00. The van der Waals surface area contributed by atoms with Crippen molar-refractivity contribution in [1.29, 1.82) is 0 Å². The maximum atomic E-state index is 7.00. The zero-order valence-corrected chi connectivity index (χ0v) is 6.54. The predicted octanol–water partition coefficient (Wildman–Crippen LogP) is -2.04. The van der Waals surface area contributed by atoms with Crippen LogP contribution in [0.4, 0.5) is 0 Å². The van der Waals surface area contributed by atoms with Gasteiger partial charge in [0.15, 0.2) is 0 Å². The molecular formula is CH8HfO3. The Balaban J connectivity index is -0.00000000167. The molecule has 0 bridgehead atoms. The summed E-state index contributed by atoms with van der Waals surface area (Å²) in [4.78, 5) is 0. The van der Waals surface area contributed by atoms with Gasteiger partial charge in [-0.05, 0) is 0 Å². The molecule has 0 heterocycles. The van der Waals surface area contributed by atoms with Crippen molar-refractivity contribution in [3.8, 4) is 0 Å². The van der Waals surface area contributed by atoms with E-state index < -0.39 is 0 Å². The topological polar surface area (TPSA) is 83.2 Å². The van der Waals surface area contributed by atoms with Crippen molar-refractivity contribution in [3.63, 3.8) is 0 Å². The maximum absolute atomic E-state index is 7.00. The SMILES string of the molecule is CO.O.O.[Hf]. The quantitative estimate of drug-likeness (QED) is 0.491. The zero-order valence-electron chi connectivity index (χ0n) is 2.95. The van der Waals surface area contributed by atoms with Crippen LogP contribution in [0.3, 0.4) is 0 Å². The van der Waals surface area contributed by atoms with Gasteiger partial charge in [-0.3, -0.25) is 0 Å². The van der Waals surface area contributed by atoms with Crippen LogP contribution in [0.25, 0.3) is 0 Å². The van der Waals surface area contributed by atoms with E-state index in [1.54, 1.807) is 0 Å². The summed E-state index contributed by atoms with van der Waals surface area (Å²) in [5.41, 5.74) is 0. The smallest absolute Gasteiger partial charge is 0.0319 e. The van der Waals surface area contributed by atoms with E-state index in [9.17, 15) is 0 Å². The van der Waals surface area contributed by atoms with Crippen molar-refractivity contribution < 1.29 is 41.9 Å². The van der Waals surface area contributed by atoms with E-state index in [1.807, 2.05) is 0 Å². The van der Waals surface area contributed by atoms with Crippen LogP contribution in [0.2, 0.25) is 0 Å². The summed E-state index contributed by atoms with van der Waals surface area (Å²) in [6.07, 6.45) is 0. The molecule has 0 radical (unpaired) electrons. The number of aliphatic hydroxyl groups is 1. The Hall–Kier alpha value is 0.750. The first-order chi connectivity index (χ1) is 1.00. The molecule has 0 aliphatic heterocycles. The summed E-state index contributed by atoms with van der Waals surface area (Å²) in [6.45, 7) is 0. The molecule has 0 aliphatic carbocycles. The molecule has 0 rings (SSSR count). The van der Waals surface area contributed by atoms with Crippen molar-refractivity contribution in [1.82, 2.24) is 0 Å². The molecule has 0 spiro atoms. The number of rotatable bonds is 0. The second-order valence-corrected chi connectivity index (χ2v) is 0. The van der Waals surface area contributed by atoms with Crippen molar-refractivity contribution in [3.05, 3.63) is 0 Å². The molecule has 3 nitrogen and oxygen atoms in total. The van der Waals surface area contributed by atoms with Gasteiger partial charge < -0.3 is 16.1 Å². The summed E-state index contributed by atoms with van der Waals surface area (Å²) in [6, 6.07) is 0. The largest absolute Gasteiger partial charge is 0.412 e. The fourth-order valence-electron chi connectivity index (χ4n) is 0. The van der Waals surface area contributed by atoms with E-state index >= 15 is 0 Å². The van der Waals surface area contributed by atoms with Gasteiger partial charge in [-0.1, -0.05) is 0 Å². The van der Waals surface area contributed by atoms with Crippen molar-refractivity contribution in [2.45, 2.75) is 0 Å². The van der Waals surface area contributed by atoms with Gasteiger partial charge in [0, 0.05) is 33.0 Å². The Kier molecular flexibility index (Phi) is 1010. The molecule has 0 aromatic heterocycles. The fourth-order valence-corrected chi connectivity index (χ4v) is 0. The third-order valence-electron chi connectivity index (χ3n) is 0. The minimum Gasteiger partial charge on any atom is -0.412 e. The van der Waals surface area contributed by atoms with Crippen molar-refractivity contribution in [2.75, 3.05) is 7.11 Å². The fraction of sp³-hybridized carbons (Fsp3) is 1.00. The first-order valence-electron chi connectivity index (χ1n) is 0.447. The van der Waals surface area contributed by atoms with Gasteiger partial charge in [0.25, 0.3) is 0 Å². The third-order valence-corrected chi connectivity index (χ3v) is 0. The van der Waals surface area contributed by atoms with Crippen LogP contribution in [0.5, 0.6) is 0 Å². The second-order valence-electron chi connectivity index (χ2n) is 0. The van der Waals surface area contributed by atoms with Gasteiger partial charge in [0.1, 0.15) is 0 Å². The van der Waals surface area contributed by atoms with Gasteiger partial charge >= 0.3 is 0 Å². The molecule has 0 unspecified atom stereocenters. The minimum absolute atomic E-state index is 0. The predicted molar refractivity (Wildman–Crippen MR) is 15.4 cm³/mol. The molecular weight excluding hydrogens is 238 g/mol. The zero-order chi connectivity index (χ0) is 2.00. The molecule has 0 aromatic carbocycles. The molecule has 0 saturated heterocycles. The first kappa shape index (κ1) is 42.4. The summed E-state index contributed by atoms with van der Waals surface area (Å²) in [7, 11) is 1.00. The summed E-state index contributed by atoms with van der Waals surface area (Å²) in [5.74, 6) is 0. The molecule has 0 aliphatic rings. The molecule has 4 heteroatoms. The van der Waals surface area contributed by atoms with E-state index in [-0.39, 0.29) is 36.8 Å². The van der Waals surface area contributed by atoms with E-state index in [4.69, 9.17) is 5.11 Å². The Bertz CT molecular complexity index is 6.85. The van der Waals surface area contributed by atoms with E-state index in [2.05, 4.69) is 0 Å². The average Bonchev–Trinajstić information content (AvgIpc) is 1.00. The Labute approximate surface area is 49.4 Å². The van der Waals surface area contributed by atoms with Gasteiger partial charge in [0.05, 0.1) is 0 Å². The molecule has 5 heavy (non-hydrogen) atoms. The standard InChI is InChI=1S/CH4O.Hf.2H2O/c1-2;;;/h2H,1H3;;2*1H2. The summed E-state index contributed by atoms with van der Waals surface area (Å²) < 4.78 is 0. The van der Waals surface area contributed by atoms with E-state index in [0.717, 1.165) is 7.11 Å². The Morgan fingerprint density at radius 3 is 1.00 bits per heavy atom. The van der Waals surface area contributed by atoms with E-state index in [1.165, 1.54) is 0 Å². The van der Waals surface area contributed by atoms with Crippen LogP contribution in [-0.4, -0.2) is 23.2 Å². The van der Waals surface area contributed by atoms with Crippen LogP contribution in [0.1, 0.15) is 0 Å². The van der Waals surface area contributed by atoms with Crippen molar-refractivity contribution >= 4 is 0 Å². The third kappa shape index (κ3) is 63.8. The first-order valence-corrected chi connectivity index (χ1v) is 0.447. The van der Waals surface area contributed by atoms with Crippen LogP contribution < -0.4 is 0 Å². The minimum atomic E-state index is 0. The number of hydrogen-bond donors (Lipinski definition) is 1. The molecule has 0 amide bonds. The van der Waals surface area contributed by atoms with Crippen LogP contribution in [0, 0.1) is 0 Å². The van der Waals surface area contributed by atoms with Crippen LogP contribution in [-0.2, 0) is 25.8 Å². The molecule has 0 saturated carbocycles. The van der Waals surface area contributed by atoms with Crippen LogP contribution >= 0.6 is 0 Å². The Morgan fingerprint density at radius 2 is 1.00 bits per heavy atom. The molecule has 0 atom stereocenters. The van der Waals surface area contributed by atoms with Gasteiger partial charge in [-0.15, -0.1) is 0 Å². The number of hydrogen-bond acceptors (Lipinski definition) is 1. The summed E-state index contributed by atoms with van der Waals surface area (Å²) >= 11 is 0. The average molecular weight is 247 g/mol. The van der Waals surface area contributed by atoms with Crippen molar-refractivity contribution in [2.24, 2.45) is 0 Å². The van der Waals surface area contributed by atoms with Gasteiger partial charge in [-0.2, -0.15) is 0 Å². The van der Waals surface area contributed by atoms with Gasteiger partial charge in [0.2, 0.25) is 0 Å². The molecule has 34 valence electrons.